The van der Waals surface area contributed by atoms with Crippen LogP contribution in [0.15, 0.2) is 28.3 Å². The van der Waals surface area contributed by atoms with Crippen molar-refractivity contribution in [2.24, 2.45) is 0 Å². The van der Waals surface area contributed by atoms with E-state index in [1.165, 1.54) is 6.07 Å². The highest BCUT2D eigenvalue weighted by Crippen LogP contribution is 2.32. The molecule has 5 nitrogen and oxygen atoms in total. The Balaban J connectivity index is 2.48. The summed E-state index contributed by atoms with van der Waals surface area (Å²) in [6, 6.07) is 4.30. The number of hydrogen-bond donors (Lipinski definition) is 2. The Hall–Kier alpha value is -2.15. The van der Waals surface area contributed by atoms with Crippen molar-refractivity contribution in [3.8, 4) is 0 Å². The van der Waals surface area contributed by atoms with E-state index in [0.29, 0.717) is 10.1 Å². The molecule has 1 aromatic heterocycles. The number of rotatable bonds is 3. The number of aromatic nitrogens is 2. The molecule has 2 rings (SSSR count). The number of aromatic carboxylic acids is 1. The molecule has 7 heteroatoms. The zero-order valence-corrected chi connectivity index (χ0v) is 11.7. The van der Waals surface area contributed by atoms with Crippen LogP contribution >= 0.6 is 11.8 Å². The first-order valence-corrected chi connectivity index (χ1v) is 6.51. The van der Waals surface area contributed by atoms with Gasteiger partial charge in [0.15, 0.2) is 5.16 Å². The molecule has 1 aromatic carbocycles. The fraction of sp³-hybridized carbons (Fsp3) is 0.154. The number of anilines is 1. The van der Waals surface area contributed by atoms with Gasteiger partial charge in [0.2, 0.25) is 0 Å². The Bertz CT molecular complexity index is 671. The van der Waals surface area contributed by atoms with Gasteiger partial charge in [-0.15, -0.1) is 0 Å². The number of hydrogen-bond acceptors (Lipinski definition) is 5. The summed E-state index contributed by atoms with van der Waals surface area (Å²) < 4.78 is 13.4. The van der Waals surface area contributed by atoms with E-state index in [-0.39, 0.29) is 11.3 Å². The van der Waals surface area contributed by atoms with E-state index in [1.54, 1.807) is 6.07 Å². The van der Waals surface area contributed by atoms with Crippen LogP contribution in [0.1, 0.15) is 21.7 Å². The van der Waals surface area contributed by atoms with Gasteiger partial charge >= 0.3 is 5.97 Å². The molecule has 20 heavy (non-hydrogen) atoms. The number of nitrogen functional groups attached to an aromatic ring is 1. The first-order valence-electron chi connectivity index (χ1n) is 5.70. The van der Waals surface area contributed by atoms with Crippen LogP contribution in [0.3, 0.4) is 0 Å². The van der Waals surface area contributed by atoms with Crippen LogP contribution in [0, 0.1) is 19.7 Å². The molecule has 0 amide bonds. The lowest BCUT2D eigenvalue weighted by molar-refractivity contribution is 0.0694. The van der Waals surface area contributed by atoms with Crippen LogP contribution in [-0.4, -0.2) is 21.0 Å². The Morgan fingerprint density at radius 3 is 2.45 bits per heavy atom. The van der Waals surface area contributed by atoms with Gasteiger partial charge in [0.25, 0.3) is 0 Å². The van der Waals surface area contributed by atoms with E-state index in [0.717, 1.165) is 29.2 Å². The van der Waals surface area contributed by atoms with E-state index in [4.69, 9.17) is 10.8 Å². The van der Waals surface area contributed by atoms with Gasteiger partial charge in [-0.05, 0) is 43.8 Å². The summed E-state index contributed by atoms with van der Waals surface area (Å²) in [6.45, 7) is 3.63. The van der Waals surface area contributed by atoms with Gasteiger partial charge in [-0.25, -0.2) is 19.2 Å². The van der Waals surface area contributed by atoms with Crippen LogP contribution in [0.4, 0.5) is 10.1 Å². The van der Waals surface area contributed by atoms with E-state index in [9.17, 15) is 9.18 Å². The molecule has 0 fully saturated rings. The number of nitrogens with zero attached hydrogens (tertiary/aromatic N) is 2. The van der Waals surface area contributed by atoms with Crippen molar-refractivity contribution in [2.45, 2.75) is 23.9 Å². The maximum atomic E-state index is 13.4. The Kier molecular flexibility index (Phi) is 3.89. The molecule has 104 valence electrons. The Morgan fingerprint density at radius 1 is 1.30 bits per heavy atom. The maximum absolute atomic E-state index is 13.4. The zero-order chi connectivity index (χ0) is 14.9. The van der Waals surface area contributed by atoms with Gasteiger partial charge in [-0.1, -0.05) is 0 Å². The van der Waals surface area contributed by atoms with Crippen LogP contribution in [-0.2, 0) is 0 Å². The number of nitrogens with two attached hydrogens (primary N) is 1. The molecule has 0 bridgehead atoms. The minimum absolute atomic E-state index is 0.266. The van der Waals surface area contributed by atoms with Crippen molar-refractivity contribution >= 4 is 23.4 Å². The van der Waals surface area contributed by atoms with Gasteiger partial charge in [0.05, 0.1) is 11.3 Å². The molecule has 0 unspecified atom stereocenters. The summed E-state index contributed by atoms with van der Waals surface area (Å²) in [5.74, 6) is -2.04. The lowest BCUT2D eigenvalue weighted by atomic mass is 10.2. The maximum Gasteiger partial charge on any atom is 0.339 e. The van der Waals surface area contributed by atoms with Crippen molar-refractivity contribution in [3.63, 3.8) is 0 Å². The van der Waals surface area contributed by atoms with Crippen molar-refractivity contribution < 1.29 is 14.3 Å². The van der Waals surface area contributed by atoms with Crippen molar-refractivity contribution in [3.05, 3.63) is 41.0 Å². The molecule has 0 saturated heterocycles. The number of halogens is 1. The van der Waals surface area contributed by atoms with Gasteiger partial charge in [-0.2, -0.15) is 0 Å². The zero-order valence-electron chi connectivity index (χ0n) is 10.8. The van der Waals surface area contributed by atoms with Crippen LogP contribution < -0.4 is 5.73 Å². The highest BCUT2D eigenvalue weighted by Gasteiger charge is 2.19. The molecule has 0 spiro atoms. The van der Waals surface area contributed by atoms with E-state index < -0.39 is 11.8 Å². The summed E-state index contributed by atoms with van der Waals surface area (Å²) in [5.41, 5.74) is 6.38. The molecule has 0 aliphatic heterocycles. The van der Waals surface area contributed by atoms with Crippen molar-refractivity contribution in [1.82, 2.24) is 9.97 Å². The summed E-state index contributed by atoms with van der Waals surface area (Å²) in [4.78, 5) is 19.9. The predicted molar refractivity (Wildman–Crippen MR) is 73.4 cm³/mol. The number of aryl methyl sites for hydroxylation is 2. The standard InChI is InChI=1S/C13H12FN3O2S/c1-6-5-7(2)17-13(16-6)20-9-4-3-8(14)11(15)10(9)12(18)19/h3-5H,15H2,1-2H3,(H,18,19). The lowest BCUT2D eigenvalue weighted by Crippen LogP contribution is -2.07. The van der Waals surface area contributed by atoms with E-state index >= 15 is 0 Å². The second-order valence-corrected chi connectivity index (χ2v) is 5.18. The third-order valence-electron chi connectivity index (χ3n) is 2.53. The monoisotopic (exact) mass is 293 g/mol. The van der Waals surface area contributed by atoms with Crippen molar-refractivity contribution in [2.75, 3.05) is 5.73 Å². The average Bonchev–Trinajstić information content (AvgIpc) is 2.32. The second-order valence-electron chi connectivity index (χ2n) is 4.17. The van der Waals surface area contributed by atoms with E-state index in [2.05, 4.69) is 9.97 Å². The molecule has 1 heterocycles. The highest BCUT2D eigenvalue weighted by molar-refractivity contribution is 7.99. The number of carboxylic acid groups (broad SMARTS) is 1. The normalized spacial score (nSPS) is 10.6. The number of carbonyl (C=O) groups is 1. The van der Waals surface area contributed by atoms with Crippen LogP contribution in [0.5, 0.6) is 0 Å². The third kappa shape index (κ3) is 2.88. The summed E-state index contributed by atoms with van der Waals surface area (Å²) in [7, 11) is 0. The Morgan fingerprint density at radius 2 is 1.90 bits per heavy atom. The fourth-order valence-electron chi connectivity index (χ4n) is 1.72. The smallest absolute Gasteiger partial charge is 0.339 e. The predicted octanol–water partition coefficient (Wildman–Crippen LogP) is 2.66. The topological polar surface area (TPSA) is 89.1 Å². The van der Waals surface area contributed by atoms with Gasteiger partial charge in [-0.3, -0.25) is 0 Å². The minimum Gasteiger partial charge on any atom is -0.478 e. The molecular weight excluding hydrogens is 281 g/mol. The molecule has 0 aliphatic carbocycles. The van der Waals surface area contributed by atoms with Gasteiger partial charge in [0.1, 0.15) is 5.82 Å². The number of benzene rings is 1. The average molecular weight is 293 g/mol. The molecule has 0 saturated carbocycles. The van der Waals surface area contributed by atoms with Crippen molar-refractivity contribution in [1.29, 1.82) is 0 Å². The van der Waals surface area contributed by atoms with Gasteiger partial charge in [0, 0.05) is 16.3 Å². The van der Waals surface area contributed by atoms with E-state index in [1.807, 2.05) is 13.8 Å². The largest absolute Gasteiger partial charge is 0.478 e. The fourth-order valence-corrected chi connectivity index (χ4v) is 2.73. The minimum atomic E-state index is -1.28. The summed E-state index contributed by atoms with van der Waals surface area (Å²) in [5, 5.41) is 9.56. The van der Waals surface area contributed by atoms with Crippen LogP contribution in [0.2, 0.25) is 0 Å². The SMILES string of the molecule is Cc1cc(C)nc(Sc2ccc(F)c(N)c2C(=O)O)n1. The molecule has 3 N–H and O–H groups in total. The lowest BCUT2D eigenvalue weighted by Gasteiger charge is -2.09. The third-order valence-corrected chi connectivity index (χ3v) is 3.46. The molecule has 0 aliphatic rings. The molecule has 2 aromatic rings. The molecular formula is C13H12FN3O2S. The quantitative estimate of drug-likeness (QED) is 0.668. The molecule has 0 atom stereocenters. The molecule has 0 radical (unpaired) electrons. The van der Waals surface area contributed by atoms with Gasteiger partial charge < -0.3 is 10.8 Å². The Labute approximate surface area is 119 Å². The van der Waals surface area contributed by atoms with Crippen LogP contribution in [0.25, 0.3) is 0 Å². The second kappa shape index (κ2) is 5.46. The highest BCUT2D eigenvalue weighted by atomic mass is 32.2. The summed E-state index contributed by atoms with van der Waals surface area (Å²) in [6.07, 6.45) is 0. The summed E-state index contributed by atoms with van der Waals surface area (Å²) >= 11 is 1.04. The number of carboxylic acids is 1. The first-order chi connectivity index (χ1) is 9.38. The first kappa shape index (κ1) is 14.3.